The number of hydrogen-bond donors (Lipinski definition) is 0. The lowest BCUT2D eigenvalue weighted by Gasteiger charge is -2.21. The molecule has 2 atom stereocenters. The highest BCUT2D eigenvalue weighted by Gasteiger charge is 2.40. The average Bonchev–Trinajstić information content (AvgIpc) is 2.66. The van der Waals surface area contributed by atoms with Crippen LogP contribution < -0.4 is 0 Å². The maximum absolute atomic E-state index is 12.1. The number of alkyl halides is 3. The maximum Gasteiger partial charge on any atom is 0.425 e. The minimum absolute atomic E-state index is 0.332. The Hall–Kier alpha value is -0.940. The predicted octanol–water partition coefficient (Wildman–Crippen LogP) is 3.44. The monoisotopic (exact) mass is 255 g/mol. The number of rotatable bonds is 1. The summed E-state index contributed by atoms with van der Waals surface area (Å²) in [5.41, 5.74) is 0. The van der Waals surface area contributed by atoms with Crippen LogP contribution in [-0.2, 0) is 4.74 Å². The highest BCUT2D eigenvalue weighted by Crippen LogP contribution is 2.24. The van der Waals surface area contributed by atoms with E-state index in [1.807, 2.05) is 20.8 Å². The number of carbonyl (C=O) groups excluding carboxylic acids is 1. The lowest BCUT2D eigenvalue weighted by Crippen LogP contribution is -2.37. The summed E-state index contributed by atoms with van der Waals surface area (Å²) in [6.45, 7) is 7.73. The van der Waals surface area contributed by atoms with Crippen molar-refractivity contribution in [1.29, 1.82) is 0 Å². The van der Waals surface area contributed by atoms with Gasteiger partial charge in [0.15, 0.2) is 6.10 Å². The number of amides is 1. The molecule has 1 rings (SSSR count). The first-order chi connectivity index (χ1) is 7.80. The topological polar surface area (TPSA) is 29.5 Å². The van der Waals surface area contributed by atoms with Crippen LogP contribution in [0.3, 0.4) is 0 Å². The van der Waals surface area contributed by atoms with Crippen LogP contribution in [0.2, 0.25) is 0 Å². The molecule has 1 aliphatic heterocycles. The number of nitrogens with zero attached hydrogens (tertiary/aromatic N) is 1. The summed E-state index contributed by atoms with van der Waals surface area (Å²) in [7, 11) is 0. The molecular formula is C11H20F3NO2. The van der Waals surface area contributed by atoms with E-state index in [2.05, 4.69) is 4.74 Å². The van der Waals surface area contributed by atoms with Gasteiger partial charge in [0.1, 0.15) is 0 Å². The third-order valence-electron chi connectivity index (χ3n) is 2.42. The van der Waals surface area contributed by atoms with Crippen molar-refractivity contribution >= 4 is 6.09 Å². The number of carbonyl (C=O) groups is 1. The molecule has 1 aliphatic rings. The lowest BCUT2D eigenvalue weighted by molar-refractivity contribution is -0.199. The molecule has 3 nitrogen and oxygen atoms in total. The number of likely N-dealkylation sites (tertiary alicyclic amines) is 1. The van der Waals surface area contributed by atoms with Crippen LogP contribution in [0, 0.1) is 5.92 Å². The van der Waals surface area contributed by atoms with Gasteiger partial charge in [0.05, 0.1) is 0 Å². The van der Waals surface area contributed by atoms with Crippen molar-refractivity contribution in [1.82, 2.24) is 4.90 Å². The highest BCUT2D eigenvalue weighted by molar-refractivity contribution is 5.68. The molecule has 0 aromatic rings. The minimum atomic E-state index is -4.49. The molecule has 0 N–H and O–H groups in total. The van der Waals surface area contributed by atoms with Gasteiger partial charge in [-0.15, -0.1) is 0 Å². The molecule has 0 aromatic heterocycles. The van der Waals surface area contributed by atoms with E-state index < -0.39 is 18.4 Å². The molecule has 0 bridgehead atoms. The predicted molar refractivity (Wildman–Crippen MR) is 58.7 cm³/mol. The Morgan fingerprint density at radius 1 is 1.41 bits per heavy atom. The van der Waals surface area contributed by atoms with Gasteiger partial charge in [-0.3, -0.25) is 0 Å². The van der Waals surface area contributed by atoms with E-state index in [1.165, 1.54) is 4.90 Å². The first-order valence-corrected chi connectivity index (χ1v) is 5.83. The van der Waals surface area contributed by atoms with E-state index in [4.69, 9.17) is 0 Å². The zero-order valence-corrected chi connectivity index (χ0v) is 10.7. The molecule has 0 saturated carbocycles. The van der Waals surface area contributed by atoms with Crippen molar-refractivity contribution in [2.45, 2.75) is 46.4 Å². The summed E-state index contributed by atoms with van der Waals surface area (Å²) >= 11 is 0. The molecule has 1 amide bonds. The van der Waals surface area contributed by atoms with E-state index >= 15 is 0 Å². The Morgan fingerprint density at radius 2 is 1.94 bits per heavy atom. The Labute approximate surface area is 99.9 Å². The fourth-order valence-corrected chi connectivity index (χ4v) is 1.39. The van der Waals surface area contributed by atoms with Gasteiger partial charge in [-0.1, -0.05) is 20.8 Å². The summed E-state index contributed by atoms with van der Waals surface area (Å²) in [4.78, 5) is 12.6. The first kappa shape index (κ1) is 16.1. The highest BCUT2D eigenvalue weighted by atomic mass is 19.4. The van der Waals surface area contributed by atoms with E-state index in [0.717, 1.165) is 13.3 Å². The molecule has 0 spiro atoms. The smallest absolute Gasteiger partial charge is 0.425 e. The molecule has 0 aromatic carbocycles. The molecule has 17 heavy (non-hydrogen) atoms. The van der Waals surface area contributed by atoms with Crippen LogP contribution in [0.25, 0.3) is 0 Å². The molecule has 2 unspecified atom stereocenters. The largest absolute Gasteiger partial charge is 0.437 e. The first-order valence-electron chi connectivity index (χ1n) is 5.83. The van der Waals surface area contributed by atoms with Gasteiger partial charge in [0, 0.05) is 13.1 Å². The SMILES string of the molecule is CC.CC1CCN(C(=O)OC(C)C(F)(F)F)C1. The van der Waals surface area contributed by atoms with Gasteiger partial charge in [0.25, 0.3) is 0 Å². The van der Waals surface area contributed by atoms with Gasteiger partial charge in [-0.25, -0.2) is 4.79 Å². The Kier molecular flexibility index (Phi) is 6.34. The lowest BCUT2D eigenvalue weighted by atomic mass is 10.2. The molecular weight excluding hydrogens is 235 g/mol. The average molecular weight is 255 g/mol. The summed E-state index contributed by atoms with van der Waals surface area (Å²) in [5.74, 6) is 0.332. The Bertz CT molecular complexity index is 243. The van der Waals surface area contributed by atoms with Gasteiger partial charge < -0.3 is 9.64 Å². The molecule has 102 valence electrons. The number of halogens is 3. The van der Waals surface area contributed by atoms with Crippen LogP contribution in [0.4, 0.5) is 18.0 Å². The van der Waals surface area contributed by atoms with Gasteiger partial charge in [-0.05, 0) is 19.3 Å². The molecule has 0 radical (unpaired) electrons. The molecule has 1 saturated heterocycles. The second-order valence-corrected chi connectivity index (χ2v) is 3.91. The van der Waals surface area contributed by atoms with E-state index in [0.29, 0.717) is 19.0 Å². The van der Waals surface area contributed by atoms with E-state index in [9.17, 15) is 18.0 Å². The van der Waals surface area contributed by atoms with Crippen molar-refractivity contribution < 1.29 is 22.7 Å². The minimum Gasteiger partial charge on any atom is -0.437 e. The van der Waals surface area contributed by atoms with E-state index in [1.54, 1.807) is 0 Å². The van der Waals surface area contributed by atoms with Crippen LogP contribution in [0.1, 0.15) is 34.1 Å². The fourth-order valence-electron chi connectivity index (χ4n) is 1.39. The molecule has 1 fully saturated rings. The third kappa shape index (κ3) is 5.28. The summed E-state index contributed by atoms with van der Waals surface area (Å²) in [6.07, 6.45) is -6.58. The number of hydrogen-bond acceptors (Lipinski definition) is 2. The van der Waals surface area contributed by atoms with Crippen LogP contribution >= 0.6 is 0 Å². The standard InChI is InChI=1S/C9H14F3NO2.C2H6/c1-6-3-4-13(5-6)8(14)15-7(2)9(10,11)12;1-2/h6-7H,3-5H2,1-2H3;1-2H3. The van der Waals surface area contributed by atoms with Gasteiger partial charge >= 0.3 is 12.3 Å². The van der Waals surface area contributed by atoms with Gasteiger partial charge in [0.2, 0.25) is 0 Å². The van der Waals surface area contributed by atoms with Crippen molar-refractivity contribution in [2.24, 2.45) is 5.92 Å². The third-order valence-corrected chi connectivity index (χ3v) is 2.42. The summed E-state index contributed by atoms with van der Waals surface area (Å²) in [5, 5.41) is 0. The van der Waals surface area contributed by atoms with Crippen molar-refractivity contribution in [3.8, 4) is 0 Å². The second-order valence-electron chi connectivity index (χ2n) is 3.91. The zero-order chi connectivity index (χ0) is 13.6. The van der Waals surface area contributed by atoms with Crippen LogP contribution in [0.5, 0.6) is 0 Å². The van der Waals surface area contributed by atoms with E-state index in [-0.39, 0.29) is 0 Å². The second kappa shape index (κ2) is 6.71. The zero-order valence-electron chi connectivity index (χ0n) is 10.7. The van der Waals surface area contributed by atoms with Crippen molar-refractivity contribution in [3.05, 3.63) is 0 Å². The Balaban J connectivity index is 0.00000121. The van der Waals surface area contributed by atoms with Gasteiger partial charge in [-0.2, -0.15) is 13.2 Å². The van der Waals surface area contributed by atoms with Crippen molar-refractivity contribution in [2.75, 3.05) is 13.1 Å². The summed E-state index contributed by atoms with van der Waals surface area (Å²) in [6, 6.07) is 0. The van der Waals surface area contributed by atoms with Crippen LogP contribution in [0.15, 0.2) is 0 Å². The molecule has 6 heteroatoms. The maximum atomic E-state index is 12.1. The quantitative estimate of drug-likeness (QED) is 0.718. The fraction of sp³-hybridized carbons (Fsp3) is 0.909. The molecule has 0 aliphatic carbocycles. The Morgan fingerprint density at radius 3 is 2.29 bits per heavy atom. The number of ether oxygens (including phenoxy) is 1. The van der Waals surface area contributed by atoms with Crippen LogP contribution in [-0.4, -0.2) is 36.4 Å². The van der Waals surface area contributed by atoms with Crippen molar-refractivity contribution in [3.63, 3.8) is 0 Å². The normalized spacial score (nSPS) is 21.6. The summed E-state index contributed by atoms with van der Waals surface area (Å²) < 4.78 is 40.5. The molecule has 1 heterocycles.